The summed E-state index contributed by atoms with van der Waals surface area (Å²) in [5.74, 6) is -0.672. The van der Waals surface area contributed by atoms with Gasteiger partial charge in [-0.15, -0.1) is 0 Å². The van der Waals surface area contributed by atoms with Crippen molar-refractivity contribution in [1.82, 2.24) is 4.98 Å². The third-order valence-electron chi connectivity index (χ3n) is 2.89. The van der Waals surface area contributed by atoms with Gasteiger partial charge in [0, 0.05) is 24.4 Å². The average Bonchev–Trinajstić information content (AvgIpc) is 2.54. The average molecular weight is 299 g/mol. The maximum absolute atomic E-state index is 12.3. The predicted octanol–water partition coefficient (Wildman–Crippen LogP) is 3.07. The Labute approximate surface area is 128 Å². The molecule has 1 atom stereocenters. The van der Waals surface area contributed by atoms with E-state index in [4.69, 9.17) is 9.47 Å². The van der Waals surface area contributed by atoms with Crippen molar-refractivity contribution in [3.63, 3.8) is 0 Å². The van der Waals surface area contributed by atoms with E-state index in [0.717, 1.165) is 0 Å². The second-order valence-corrected chi connectivity index (χ2v) is 4.63. The zero-order chi connectivity index (χ0) is 15.8. The Bertz CT molecular complexity index is 613. The molecule has 1 unspecified atom stereocenters. The molecule has 114 valence electrons. The van der Waals surface area contributed by atoms with Crippen LogP contribution >= 0.6 is 0 Å². The molecule has 0 N–H and O–H groups in total. The van der Waals surface area contributed by atoms with E-state index < -0.39 is 18.0 Å². The standard InChI is InChI=1S/C17H17NO4/c1-2-6-15(19)22-16(13-9-11-18-12-10-13)17(20)21-14-7-4-3-5-8-14/h3-5,7-12,16H,2,6H2,1H3. The first-order chi connectivity index (χ1) is 10.7. The highest BCUT2D eigenvalue weighted by Crippen LogP contribution is 2.21. The van der Waals surface area contributed by atoms with Crippen LogP contribution in [0.2, 0.25) is 0 Å². The van der Waals surface area contributed by atoms with Gasteiger partial charge in [-0.05, 0) is 30.7 Å². The first kappa shape index (κ1) is 15.7. The molecule has 2 rings (SSSR count). The normalized spacial score (nSPS) is 11.5. The molecule has 22 heavy (non-hydrogen) atoms. The Morgan fingerprint density at radius 1 is 1.09 bits per heavy atom. The number of benzene rings is 1. The fourth-order valence-corrected chi connectivity index (χ4v) is 1.84. The Balaban J connectivity index is 2.16. The maximum Gasteiger partial charge on any atom is 0.357 e. The second-order valence-electron chi connectivity index (χ2n) is 4.63. The first-order valence-electron chi connectivity index (χ1n) is 7.07. The number of hydrogen-bond donors (Lipinski definition) is 0. The van der Waals surface area contributed by atoms with Gasteiger partial charge in [0.25, 0.3) is 0 Å². The largest absolute Gasteiger partial charge is 0.445 e. The highest BCUT2D eigenvalue weighted by Gasteiger charge is 2.26. The lowest BCUT2D eigenvalue weighted by atomic mass is 10.1. The molecule has 1 heterocycles. The van der Waals surface area contributed by atoms with Gasteiger partial charge in [-0.3, -0.25) is 9.78 Å². The second kappa shape index (κ2) is 7.93. The number of carbonyl (C=O) groups is 2. The molecule has 0 bridgehead atoms. The van der Waals surface area contributed by atoms with E-state index in [0.29, 0.717) is 17.7 Å². The van der Waals surface area contributed by atoms with Crippen LogP contribution in [0.15, 0.2) is 54.9 Å². The van der Waals surface area contributed by atoms with Gasteiger partial charge < -0.3 is 9.47 Å². The summed E-state index contributed by atoms with van der Waals surface area (Å²) in [6.07, 6.45) is 2.87. The molecular formula is C17H17NO4. The summed E-state index contributed by atoms with van der Waals surface area (Å²) in [6.45, 7) is 1.87. The van der Waals surface area contributed by atoms with E-state index in [-0.39, 0.29) is 6.42 Å². The Morgan fingerprint density at radius 2 is 1.77 bits per heavy atom. The molecule has 0 aliphatic heterocycles. The van der Waals surface area contributed by atoms with Crippen molar-refractivity contribution in [2.24, 2.45) is 0 Å². The SMILES string of the molecule is CCCC(=O)OC(C(=O)Oc1ccccc1)c1ccncc1. The van der Waals surface area contributed by atoms with Crippen LogP contribution < -0.4 is 4.74 Å². The van der Waals surface area contributed by atoms with E-state index in [1.165, 1.54) is 12.4 Å². The van der Waals surface area contributed by atoms with Crippen LogP contribution in [0.5, 0.6) is 5.75 Å². The van der Waals surface area contributed by atoms with Crippen LogP contribution in [0.4, 0.5) is 0 Å². The number of carbonyl (C=O) groups excluding carboxylic acids is 2. The smallest absolute Gasteiger partial charge is 0.357 e. The third kappa shape index (κ3) is 4.41. The molecule has 0 radical (unpaired) electrons. The molecule has 1 aromatic carbocycles. The molecule has 2 aromatic rings. The number of nitrogens with zero attached hydrogens (tertiary/aromatic N) is 1. The molecule has 0 fully saturated rings. The van der Waals surface area contributed by atoms with Crippen molar-refractivity contribution >= 4 is 11.9 Å². The van der Waals surface area contributed by atoms with Crippen LogP contribution in [-0.4, -0.2) is 16.9 Å². The highest BCUT2D eigenvalue weighted by atomic mass is 16.6. The minimum absolute atomic E-state index is 0.250. The van der Waals surface area contributed by atoms with Gasteiger partial charge >= 0.3 is 11.9 Å². The minimum Gasteiger partial charge on any atom is -0.445 e. The summed E-state index contributed by atoms with van der Waals surface area (Å²) in [5.41, 5.74) is 0.528. The van der Waals surface area contributed by atoms with Crippen LogP contribution in [0.25, 0.3) is 0 Å². The number of rotatable bonds is 6. The zero-order valence-corrected chi connectivity index (χ0v) is 12.3. The molecule has 0 saturated heterocycles. The molecule has 1 aromatic heterocycles. The van der Waals surface area contributed by atoms with Gasteiger partial charge in [-0.1, -0.05) is 25.1 Å². The van der Waals surface area contributed by atoms with Gasteiger partial charge in [-0.2, -0.15) is 0 Å². The summed E-state index contributed by atoms with van der Waals surface area (Å²) < 4.78 is 10.5. The van der Waals surface area contributed by atoms with Gasteiger partial charge in [0.15, 0.2) is 0 Å². The minimum atomic E-state index is -1.10. The van der Waals surface area contributed by atoms with Gasteiger partial charge in [0.05, 0.1) is 0 Å². The number of para-hydroxylation sites is 1. The van der Waals surface area contributed by atoms with Gasteiger partial charge in [-0.25, -0.2) is 4.79 Å². The van der Waals surface area contributed by atoms with Crippen molar-refractivity contribution < 1.29 is 19.1 Å². The molecule has 0 saturated carbocycles. The number of pyridine rings is 1. The number of esters is 2. The number of aromatic nitrogens is 1. The zero-order valence-electron chi connectivity index (χ0n) is 12.3. The fraction of sp³-hybridized carbons (Fsp3) is 0.235. The molecule has 0 aliphatic carbocycles. The Morgan fingerprint density at radius 3 is 2.41 bits per heavy atom. The lowest BCUT2D eigenvalue weighted by Crippen LogP contribution is -2.24. The number of ether oxygens (including phenoxy) is 2. The van der Waals surface area contributed by atoms with Crippen molar-refractivity contribution in [1.29, 1.82) is 0 Å². The van der Waals surface area contributed by atoms with Crippen molar-refractivity contribution in [2.45, 2.75) is 25.9 Å². The van der Waals surface area contributed by atoms with E-state index in [9.17, 15) is 9.59 Å². The van der Waals surface area contributed by atoms with E-state index in [1.807, 2.05) is 13.0 Å². The topological polar surface area (TPSA) is 65.5 Å². The maximum atomic E-state index is 12.3. The van der Waals surface area contributed by atoms with Crippen molar-refractivity contribution in [3.8, 4) is 5.75 Å². The van der Waals surface area contributed by atoms with Crippen LogP contribution in [0, 0.1) is 0 Å². The van der Waals surface area contributed by atoms with Crippen LogP contribution in [0.3, 0.4) is 0 Å². The number of hydrogen-bond acceptors (Lipinski definition) is 5. The van der Waals surface area contributed by atoms with Crippen LogP contribution in [0.1, 0.15) is 31.4 Å². The Kier molecular flexibility index (Phi) is 5.65. The Hall–Kier alpha value is -2.69. The first-order valence-corrected chi connectivity index (χ1v) is 7.07. The van der Waals surface area contributed by atoms with E-state index in [1.54, 1.807) is 36.4 Å². The molecular weight excluding hydrogens is 282 g/mol. The van der Waals surface area contributed by atoms with Gasteiger partial charge in [0.2, 0.25) is 6.10 Å². The quantitative estimate of drug-likeness (QED) is 0.606. The fourth-order valence-electron chi connectivity index (χ4n) is 1.84. The summed E-state index contributed by atoms with van der Waals surface area (Å²) in [4.78, 5) is 28.0. The van der Waals surface area contributed by atoms with Crippen molar-refractivity contribution in [2.75, 3.05) is 0 Å². The van der Waals surface area contributed by atoms with Crippen LogP contribution in [-0.2, 0) is 14.3 Å². The molecule has 5 heteroatoms. The summed E-state index contributed by atoms with van der Waals surface area (Å²) in [7, 11) is 0. The molecule has 5 nitrogen and oxygen atoms in total. The summed E-state index contributed by atoms with van der Waals surface area (Å²) >= 11 is 0. The molecule has 0 amide bonds. The van der Waals surface area contributed by atoms with Gasteiger partial charge in [0.1, 0.15) is 5.75 Å². The third-order valence-corrected chi connectivity index (χ3v) is 2.89. The molecule has 0 spiro atoms. The summed E-state index contributed by atoms with van der Waals surface area (Å²) in [5, 5.41) is 0. The lowest BCUT2D eigenvalue weighted by Gasteiger charge is -2.16. The van der Waals surface area contributed by atoms with E-state index in [2.05, 4.69) is 4.98 Å². The summed E-state index contributed by atoms with van der Waals surface area (Å²) in [6, 6.07) is 11.9. The monoisotopic (exact) mass is 299 g/mol. The van der Waals surface area contributed by atoms with E-state index >= 15 is 0 Å². The molecule has 0 aliphatic rings. The predicted molar refractivity (Wildman–Crippen MR) is 80.1 cm³/mol. The highest BCUT2D eigenvalue weighted by molar-refractivity contribution is 5.82. The van der Waals surface area contributed by atoms with Crippen molar-refractivity contribution in [3.05, 3.63) is 60.4 Å². The lowest BCUT2D eigenvalue weighted by molar-refractivity contribution is -0.163.